The van der Waals surface area contributed by atoms with Crippen LogP contribution < -0.4 is 0 Å². The van der Waals surface area contributed by atoms with Crippen molar-refractivity contribution >= 4 is 5.97 Å². The zero-order valence-corrected chi connectivity index (χ0v) is 10.5. The highest BCUT2D eigenvalue weighted by Gasteiger charge is 2.34. The first-order valence-corrected chi connectivity index (χ1v) is 5.92. The van der Waals surface area contributed by atoms with Crippen molar-refractivity contribution in [1.29, 1.82) is 0 Å². The van der Waals surface area contributed by atoms with Gasteiger partial charge in [0.15, 0.2) is 0 Å². The van der Waals surface area contributed by atoms with Gasteiger partial charge < -0.3 is 9.67 Å². The molecule has 1 aromatic carbocycles. The summed E-state index contributed by atoms with van der Waals surface area (Å²) in [5, 5.41) is 9.43. The zero-order valence-electron chi connectivity index (χ0n) is 10.5. The number of hydrogen-bond donors (Lipinski definition) is 1. The van der Waals surface area contributed by atoms with E-state index >= 15 is 0 Å². The number of imidazole rings is 1. The van der Waals surface area contributed by atoms with Crippen molar-refractivity contribution in [1.82, 2.24) is 9.55 Å². The van der Waals surface area contributed by atoms with Gasteiger partial charge >= 0.3 is 5.97 Å². The number of carboxylic acids is 1. The molecule has 4 heteroatoms. The first kappa shape index (κ1) is 12.4. The van der Waals surface area contributed by atoms with Gasteiger partial charge in [-0.25, -0.2) is 9.78 Å². The van der Waals surface area contributed by atoms with E-state index in [0.29, 0.717) is 12.2 Å². The Bertz CT molecular complexity index is 548. The Morgan fingerprint density at radius 1 is 1.39 bits per heavy atom. The normalized spacial score (nSPS) is 14.1. The van der Waals surface area contributed by atoms with E-state index in [1.54, 1.807) is 23.9 Å². The van der Waals surface area contributed by atoms with Crippen molar-refractivity contribution in [2.45, 2.75) is 25.8 Å². The lowest BCUT2D eigenvalue weighted by Gasteiger charge is -2.27. The highest BCUT2D eigenvalue weighted by atomic mass is 16.4. The van der Waals surface area contributed by atoms with E-state index in [1.807, 2.05) is 37.3 Å². The molecule has 2 aromatic rings. The topological polar surface area (TPSA) is 55.1 Å². The number of benzene rings is 1. The first-order valence-electron chi connectivity index (χ1n) is 5.92. The van der Waals surface area contributed by atoms with Crippen molar-refractivity contribution in [2.75, 3.05) is 0 Å². The molecule has 0 aliphatic rings. The fourth-order valence-electron chi connectivity index (χ4n) is 1.93. The lowest BCUT2D eigenvalue weighted by atomic mass is 9.98. The van der Waals surface area contributed by atoms with Crippen LogP contribution >= 0.6 is 0 Å². The van der Waals surface area contributed by atoms with E-state index in [4.69, 9.17) is 0 Å². The maximum atomic E-state index is 11.5. The van der Waals surface area contributed by atoms with E-state index in [0.717, 1.165) is 5.56 Å². The van der Waals surface area contributed by atoms with Crippen molar-refractivity contribution in [3.8, 4) is 11.4 Å². The van der Waals surface area contributed by atoms with Crippen LogP contribution in [0.4, 0.5) is 0 Å². The number of aromatic nitrogens is 2. The summed E-state index contributed by atoms with van der Waals surface area (Å²) < 4.78 is 1.73. The summed E-state index contributed by atoms with van der Waals surface area (Å²) in [5.41, 5.74) is -0.0507. The summed E-state index contributed by atoms with van der Waals surface area (Å²) in [7, 11) is 0. The van der Waals surface area contributed by atoms with Gasteiger partial charge in [0.25, 0.3) is 0 Å². The lowest BCUT2D eigenvalue weighted by molar-refractivity contribution is -0.146. The largest absolute Gasteiger partial charge is 0.479 e. The molecule has 2 rings (SSSR count). The molecule has 94 valence electrons. The number of rotatable bonds is 4. The molecule has 1 N–H and O–H groups in total. The zero-order chi connectivity index (χ0) is 13.2. The van der Waals surface area contributed by atoms with E-state index in [9.17, 15) is 9.90 Å². The van der Waals surface area contributed by atoms with Gasteiger partial charge in [0.2, 0.25) is 0 Å². The van der Waals surface area contributed by atoms with Crippen LogP contribution in [0, 0.1) is 0 Å². The average Bonchev–Trinajstić information content (AvgIpc) is 2.88. The molecular weight excluding hydrogens is 228 g/mol. The van der Waals surface area contributed by atoms with Gasteiger partial charge in [0.05, 0.1) is 0 Å². The van der Waals surface area contributed by atoms with Gasteiger partial charge in [0.1, 0.15) is 11.4 Å². The Balaban J connectivity index is 2.55. The van der Waals surface area contributed by atoms with Crippen LogP contribution in [-0.2, 0) is 10.3 Å². The van der Waals surface area contributed by atoms with Crippen LogP contribution in [0.25, 0.3) is 11.4 Å². The first-order chi connectivity index (χ1) is 8.59. The molecule has 18 heavy (non-hydrogen) atoms. The van der Waals surface area contributed by atoms with Crippen LogP contribution in [-0.4, -0.2) is 20.6 Å². The standard InChI is InChI=1S/C14H16N2O2/c1-3-14(2,13(17)18)16-10-9-15-12(16)11-7-5-4-6-8-11/h4-10H,3H2,1-2H3,(H,17,18). The number of hydrogen-bond acceptors (Lipinski definition) is 2. The van der Waals surface area contributed by atoms with Crippen molar-refractivity contribution in [3.63, 3.8) is 0 Å². The van der Waals surface area contributed by atoms with Crippen LogP contribution in [0.5, 0.6) is 0 Å². The number of aliphatic carboxylic acids is 1. The van der Waals surface area contributed by atoms with Crippen LogP contribution in [0.1, 0.15) is 20.3 Å². The van der Waals surface area contributed by atoms with Gasteiger partial charge in [-0.3, -0.25) is 0 Å². The summed E-state index contributed by atoms with van der Waals surface area (Å²) in [5.74, 6) is -0.164. The number of carbonyl (C=O) groups is 1. The smallest absolute Gasteiger partial charge is 0.329 e. The molecule has 1 aromatic heterocycles. The van der Waals surface area contributed by atoms with Crippen LogP contribution in [0.3, 0.4) is 0 Å². The second kappa shape index (κ2) is 4.64. The minimum absolute atomic E-state index is 0.499. The van der Waals surface area contributed by atoms with Gasteiger partial charge in [-0.15, -0.1) is 0 Å². The van der Waals surface area contributed by atoms with Crippen LogP contribution in [0.2, 0.25) is 0 Å². The summed E-state index contributed by atoms with van der Waals surface area (Å²) in [6.45, 7) is 3.58. The third-order valence-corrected chi connectivity index (χ3v) is 3.35. The Hall–Kier alpha value is -2.10. The fraction of sp³-hybridized carbons (Fsp3) is 0.286. The molecule has 4 nitrogen and oxygen atoms in total. The monoisotopic (exact) mass is 244 g/mol. The van der Waals surface area contributed by atoms with Gasteiger partial charge in [0, 0.05) is 18.0 Å². The molecule has 0 saturated carbocycles. The molecule has 0 bridgehead atoms. The molecule has 1 atom stereocenters. The molecule has 0 saturated heterocycles. The maximum Gasteiger partial charge on any atom is 0.329 e. The van der Waals surface area contributed by atoms with Crippen molar-refractivity contribution in [2.24, 2.45) is 0 Å². The molecule has 0 fully saturated rings. The third-order valence-electron chi connectivity index (χ3n) is 3.35. The van der Waals surface area contributed by atoms with E-state index in [2.05, 4.69) is 4.98 Å². The summed E-state index contributed by atoms with van der Waals surface area (Å²) in [6, 6.07) is 9.61. The Labute approximate surface area is 106 Å². The highest BCUT2D eigenvalue weighted by Crippen LogP contribution is 2.27. The average molecular weight is 244 g/mol. The third kappa shape index (κ3) is 1.90. The SMILES string of the molecule is CCC(C)(C(=O)O)n1ccnc1-c1ccccc1. The van der Waals surface area contributed by atoms with Gasteiger partial charge in [-0.05, 0) is 13.3 Å². The maximum absolute atomic E-state index is 11.5. The summed E-state index contributed by atoms with van der Waals surface area (Å²) in [6.07, 6.45) is 3.86. The van der Waals surface area contributed by atoms with Gasteiger partial charge in [-0.2, -0.15) is 0 Å². The Morgan fingerprint density at radius 2 is 2.06 bits per heavy atom. The van der Waals surface area contributed by atoms with E-state index < -0.39 is 11.5 Å². The van der Waals surface area contributed by atoms with Crippen molar-refractivity contribution in [3.05, 3.63) is 42.7 Å². The molecule has 0 aliphatic heterocycles. The minimum atomic E-state index is -0.971. The number of carboxylic acid groups (broad SMARTS) is 1. The molecule has 0 amide bonds. The Morgan fingerprint density at radius 3 is 2.61 bits per heavy atom. The predicted molar refractivity (Wildman–Crippen MR) is 69.2 cm³/mol. The summed E-state index contributed by atoms with van der Waals surface area (Å²) >= 11 is 0. The second-order valence-electron chi connectivity index (χ2n) is 4.42. The quantitative estimate of drug-likeness (QED) is 0.899. The fourth-order valence-corrected chi connectivity index (χ4v) is 1.93. The van der Waals surface area contributed by atoms with Crippen molar-refractivity contribution < 1.29 is 9.90 Å². The molecule has 1 unspecified atom stereocenters. The van der Waals surface area contributed by atoms with Gasteiger partial charge in [-0.1, -0.05) is 37.3 Å². The van der Waals surface area contributed by atoms with E-state index in [-0.39, 0.29) is 0 Å². The molecule has 0 radical (unpaired) electrons. The van der Waals surface area contributed by atoms with Crippen LogP contribution in [0.15, 0.2) is 42.7 Å². The molecule has 1 heterocycles. The minimum Gasteiger partial charge on any atom is -0.479 e. The summed E-state index contributed by atoms with van der Waals surface area (Å²) in [4.78, 5) is 15.8. The Kier molecular flexibility index (Phi) is 3.19. The predicted octanol–water partition coefficient (Wildman–Crippen LogP) is 2.76. The lowest BCUT2D eigenvalue weighted by Crippen LogP contribution is -2.38. The highest BCUT2D eigenvalue weighted by molar-refractivity contribution is 5.77. The molecular formula is C14H16N2O2. The second-order valence-corrected chi connectivity index (χ2v) is 4.42. The van der Waals surface area contributed by atoms with E-state index in [1.165, 1.54) is 0 Å². The number of nitrogens with zero attached hydrogens (tertiary/aromatic N) is 2. The molecule has 0 aliphatic carbocycles. The molecule has 0 spiro atoms.